The van der Waals surface area contributed by atoms with Crippen LogP contribution in [0.3, 0.4) is 0 Å². The Balaban J connectivity index is 3.40. The lowest BCUT2D eigenvalue weighted by Gasteiger charge is -2.17. The predicted octanol–water partition coefficient (Wildman–Crippen LogP) is 2.26. The summed E-state index contributed by atoms with van der Waals surface area (Å²) >= 11 is 0. The van der Waals surface area contributed by atoms with Crippen LogP contribution in [0.2, 0.25) is 0 Å². The summed E-state index contributed by atoms with van der Waals surface area (Å²) in [7, 11) is 0. The fourth-order valence-electron chi connectivity index (χ4n) is 1.07. The summed E-state index contributed by atoms with van der Waals surface area (Å²) in [6.07, 6.45) is 0. The van der Waals surface area contributed by atoms with Gasteiger partial charge in [-0.25, -0.2) is 9.97 Å². The van der Waals surface area contributed by atoms with Crippen molar-refractivity contribution in [1.82, 2.24) is 9.97 Å². The van der Waals surface area contributed by atoms with Gasteiger partial charge in [0.25, 0.3) is 0 Å². The summed E-state index contributed by atoms with van der Waals surface area (Å²) in [5.74, 6) is 0.733. The van der Waals surface area contributed by atoms with E-state index in [0.717, 1.165) is 17.1 Å². The number of hydrogen-bond acceptors (Lipinski definition) is 3. The average molecular weight is 189 g/mol. The molecule has 1 heterocycles. The van der Waals surface area contributed by atoms with Crippen LogP contribution in [0.4, 0.5) is 0 Å². The van der Waals surface area contributed by atoms with Crippen molar-refractivity contribution < 1.29 is 0 Å². The number of hydrogen-bond donors (Lipinski definition) is 0. The minimum Gasteiger partial charge on any atom is -0.237 e. The molecule has 0 aliphatic heterocycles. The van der Waals surface area contributed by atoms with Crippen LogP contribution in [0.1, 0.15) is 43.5 Å². The van der Waals surface area contributed by atoms with Crippen LogP contribution in [0, 0.1) is 25.2 Å². The molecule has 1 aromatic rings. The molecule has 0 spiro atoms. The number of rotatable bonds is 0. The smallest absolute Gasteiger partial charge is 0.147 e. The molecule has 1 aromatic heterocycles. The van der Waals surface area contributed by atoms with Crippen molar-refractivity contribution in [3.8, 4) is 6.07 Å². The molecule has 0 atom stereocenters. The minimum atomic E-state index is -0.107. The summed E-state index contributed by atoms with van der Waals surface area (Å²) in [6.45, 7) is 9.90. The van der Waals surface area contributed by atoms with Crippen molar-refractivity contribution in [2.75, 3.05) is 0 Å². The quantitative estimate of drug-likeness (QED) is 0.629. The molecule has 0 bridgehead atoms. The molecule has 14 heavy (non-hydrogen) atoms. The average Bonchev–Trinajstić information content (AvgIpc) is 2.07. The van der Waals surface area contributed by atoms with Gasteiger partial charge in [-0.05, 0) is 13.8 Å². The first kappa shape index (κ1) is 10.6. The van der Waals surface area contributed by atoms with Gasteiger partial charge in [0.15, 0.2) is 0 Å². The summed E-state index contributed by atoms with van der Waals surface area (Å²) in [6, 6.07) is 2.10. The van der Waals surface area contributed by atoms with Crippen molar-refractivity contribution >= 4 is 0 Å². The molecule has 1 rings (SSSR count). The molecular weight excluding hydrogens is 174 g/mol. The van der Waals surface area contributed by atoms with Crippen LogP contribution < -0.4 is 0 Å². The second-order valence-corrected chi connectivity index (χ2v) is 4.47. The first-order chi connectivity index (χ1) is 6.36. The molecule has 3 heteroatoms. The van der Waals surface area contributed by atoms with E-state index in [4.69, 9.17) is 5.26 Å². The van der Waals surface area contributed by atoms with Gasteiger partial charge in [-0.2, -0.15) is 5.26 Å². The van der Waals surface area contributed by atoms with Crippen molar-refractivity contribution in [3.63, 3.8) is 0 Å². The molecule has 3 nitrogen and oxygen atoms in total. The number of nitriles is 1. The minimum absolute atomic E-state index is 0.107. The molecule has 0 aliphatic rings. The van der Waals surface area contributed by atoms with Gasteiger partial charge < -0.3 is 0 Å². The fourth-order valence-corrected chi connectivity index (χ4v) is 1.07. The number of aromatic nitrogens is 2. The highest BCUT2D eigenvalue weighted by Crippen LogP contribution is 2.20. The largest absolute Gasteiger partial charge is 0.237 e. The van der Waals surface area contributed by atoms with Gasteiger partial charge in [0.05, 0.1) is 0 Å². The highest BCUT2D eigenvalue weighted by atomic mass is 14.9. The van der Waals surface area contributed by atoms with Crippen molar-refractivity contribution in [2.45, 2.75) is 40.0 Å². The fraction of sp³-hybridized carbons (Fsp3) is 0.545. The van der Waals surface area contributed by atoms with Crippen LogP contribution in [0.5, 0.6) is 0 Å². The van der Waals surface area contributed by atoms with Crippen LogP contribution in [-0.2, 0) is 5.41 Å². The molecule has 0 fully saturated rings. The van der Waals surface area contributed by atoms with E-state index in [1.54, 1.807) is 0 Å². The maximum absolute atomic E-state index is 8.89. The topological polar surface area (TPSA) is 49.6 Å². The van der Waals surface area contributed by atoms with Gasteiger partial charge in [0.1, 0.15) is 17.6 Å². The maximum atomic E-state index is 8.89. The van der Waals surface area contributed by atoms with E-state index in [1.807, 2.05) is 34.6 Å². The lowest BCUT2D eigenvalue weighted by atomic mass is 9.95. The standard InChI is InChI=1S/C11H15N3/c1-7-8(2)13-10(11(3,4)5)14-9(7)6-12/h1-5H3. The zero-order chi connectivity index (χ0) is 10.9. The lowest BCUT2D eigenvalue weighted by molar-refractivity contribution is 0.541. The van der Waals surface area contributed by atoms with Gasteiger partial charge in [-0.15, -0.1) is 0 Å². The molecule has 74 valence electrons. The Kier molecular flexibility index (Phi) is 2.57. The zero-order valence-electron chi connectivity index (χ0n) is 9.34. The molecule has 0 radical (unpaired) electrons. The molecule has 0 aromatic carbocycles. The third-order valence-corrected chi connectivity index (χ3v) is 2.17. The first-order valence-electron chi connectivity index (χ1n) is 4.62. The van der Waals surface area contributed by atoms with Gasteiger partial charge in [0, 0.05) is 16.7 Å². The maximum Gasteiger partial charge on any atom is 0.147 e. The Bertz CT molecular complexity index is 394. The Morgan fingerprint density at radius 1 is 1.14 bits per heavy atom. The summed E-state index contributed by atoms with van der Waals surface area (Å²) in [4.78, 5) is 8.64. The molecule has 0 unspecified atom stereocenters. The Hall–Kier alpha value is -1.43. The first-order valence-corrected chi connectivity index (χ1v) is 4.62. The molecule has 0 N–H and O–H groups in total. The third-order valence-electron chi connectivity index (χ3n) is 2.17. The SMILES string of the molecule is Cc1nc(C(C)(C)C)nc(C#N)c1C. The normalized spacial score (nSPS) is 11.1. The number of nitrogens with zero attached hydrogens (tertiary/aromatic N) is 3. The predicted molar refractivity (Wildman–Crippen MR) is 54.9 cm³/mol. The summed E-state index contributed by atoms with van der Waals surface area (Å²) < 4.78 is 0. The summed E-state index contributed by atoms with van der Waals surface area (Å²) in [5, 5.41) is 8.89. The van der Waals surface area contributed by atoms with Crippen molar-refractivity contribution in [1.29, 1.82) is 5.26 Å². The van der Waals surface area contributed by atoms with Gasteiger partial charge >= 0.3 is 0 Å². The second kappa shape index (κ2) is 3.38. The van der Waals surface area contributed by atoms with Crippen LogP contribution in [-0.4, -0.2) is 9.97 Å². The van der Waals surface area contributed by atoms with E-state index < -0.39 is 0 Å². The molecule has 0 aliphatic carbocycles. The van der Waals surface area contributed by atoms with Crippen LogP contribution in [0.15, 0.2) is 0 Å². The van der Waals surface area contributed by atoms with Gasteiger partial charge in [-0.1, -0.05) is 20.8 Å². The molecule has 0 amide bonds. The summed E-state index contributed by atoms with van der Waals surface area (Å²) in [5.41, 5.74) is 2.15. The Labute approximate surface area is 84.8 Å². The molecule has 0 saturated carbocycles. The van der Waals surface area contributed by atoms with Crippen LogP contribution >= 0.6 is 0 Å². The third kappa shape index (κ3) is 1.90. The Morgan fingerprint density at radius 2 is 1.71 bits per heavy atom. The van der Waals surface area contributed by atoms with E-state index >= 15 is 0 Å². The van der Waals surface area contributed by atoms with Crippen LogP contribution in [0.25, 0.3) is 0 Å². The van der Waals surface area contributed by atoms with Gasteiger partial charge in [-0.3, -0.25) is 0 Å². The molecule has 0 saturated heterocycles. The molecular formula is C11H15N3. The monoisotopic (exact) mass is 189 g/mol. The zero-order valence-corrected chi connectivity index (χ0v) is 9.34. The Morgan fingerprint density at radius 3 is 2.14 bits per heavy atom. The highest BCUT2D eigenvalue weighted by molar-refractivity contribution is 5.33. The van der Waals surface area contributed by atoms with E-state index in [2.05, 4.69) is 16.0 Å². The second-order valence-electron chi connectivity index (χ2n) is 4.47. The van der Waals surface area contributed by atoms with E-state index in [0.29, 0.717) is 5.69 Å². The van der Waals surface area contributed by atoms with E-state index in [9.17, 15) is 0 Å². The lowest BCUT2D eigenvalue weighted by Crippen LogP contribution is -2.18. The highest BCUT2D eigenvalue weighted by Gasteiger charge is 2.19. The van der Waals surface area contributed by atoms with E-state index in [1.165, 1.54) is 0 Å². The van der Waals surface area contributed by atoms with Crippen molar-refractivity contribution in [3.05, 3.63) is 22.8 Å². The van der Waals surface area contributed by atoms with Crippen molar-refractivity contribution in [2.24, 2.45) is 0 Å². The number of aryl methyl sites for hydroxylation is 1. The van der Waals surface area contributed by atoms with E-state index in [-0.39, 0.29) is 5.41 Å². The van der Waals surface area contributed by atoms with Gasteiger partial charge in [0.2, 0.25) is 0 Å².